The van der Waals surface area contributed by atoms with Crippen molar-refractivity contribution in [3.63, 3.8) is 0 Å². The number of rotatable bonds is 4. The largest absolute Gasteiger partial charge is 0.478 e. The topological polar surface area (TPSA) is 71.4 Å². The van der Waals surface area contributed by atoms with E-state index in [0.717, 1.165) is 10.5 Å². The van der Waals surface area contributed by atoms with Gasteiger partial charge in [-0.1, -0.05) is 11.6 Å². The molecule has 0 unspecified atom stereocenters. The molecule has 1 N–H and O–H groups in total. The molecule has 20 heavy (non-hydrogen) atoms. The van der Waals surface area contributed by atoms with E-state index in [2.05, 4.69) is 15.9 Å². The third-order valence-electron chi connectivity index (χ3n) is 2.54. The Labute approximate surface area is 133 Å². The van der Waals surface area contributed by atoms with Gasteiger partial charge < -0.3 is 5.11 Å². The Morgan fingerprint density at radius 3 is 2.60 bits per heavy atom. The van der Waals surface area contributed by atoms with Crippen LogP contribution in [0, 0.1) is 0 Å². The van der Waals surface area contributed by atoms with Crippen LogP contribution in [0.25, 0.3) is 0 Å². The molecule has 0 spiro atoms. The molecule has 1 heterocycles. The minimum absolute atomic E-state index is 0.00811. The van der Waals surface area contributed by atoms with E-state index >= 15 is 0 Å². The van der Waals surface area contributed by atoms with Crippen LogP contribution in [-0.2, 0) is 15.6 Å². The highest BCUT2D eigenvalue weighted by Gasteiger charge is 2.20. The average molecular weight is 396 g/mol. The Hall–Kier alpha value is -0.890. The first kappa shape index (κ1) is 15.5. The van der Waals surface area contributed by atoms with Gasteiger partial charge in [0, 0.05) is 9.35 Å². The molecule has 0 aliphatic carbocycles. The maximum absolute atomic E-state index is 12.3. The molecule has 0 saturated carbocycles. The lowest BCUT2D eigenvalue weighted by atomic mass is 10.2. The number of carboxylic acid groups (broad SMARTS) is 1. The molecule has 8 heteroatoms. The lowest BCUT2D eigenvalue weighted by molar-refractivity contribution is 0.0697. The molecule has 2 aromatic rings. The molecule has 106 valence electrons. The molecule has 1 aromatic heterocycles. The zero-order chi connectivity index (χ0) is 14.9. The second kappa shape index (κ2) is 5.85. The van der Waals surface area contributed by atoms with Gasteiger partial charge in [-0.05, 0) is 45.6 Å². The molecule has 0 bridgehead atoms. The predicted octanol–water partition coefficient (Wildman–Crippen LogP) is 3.84. The van der Waals surface area contributed by atoms with Crippen LogP contribution in [0.5, 0.6) is 0 Å². The predicted molar refractivity (Wildman–Crippen MR) is 81.3 cm³/mol. The highest BCUT2D eigenvalue weighted by molar-refractivity contribution is 9.10. The fraction of sp³-hybridized carbons (Fsp3) is 0.0833. The van der Waals surface area contributed by atoms with Crippen LogP contribution >= 0.6 is 38.9 Å². The van der Waals surface area contributed by atoms with E-state index in [1.54, 1.807) is 11.4 Å². The van der Waals surface area contributed by atoms with Crippen LogP contribution in [0.3, 0.4) is 0 Å². The van der Waals surface area contributed by atoms with Gasteiger partial charge in [-0.25, -0.2) is 13.2 Å². The molecule has 0 fully saturated rings. The minimum atomic E-state index is -3.62. The van der Waals surface area contributed by atoms with Gasteiger partial charge in [0.2, 0.25) is 0 Å². The maximum Gasteiger partial charge on any atom is 0.337 e. The molecular weight excluding hydrogens is 388 g/mol. The van der Waals surface area contributed by atoms with Gasteiger partial charge in [0.15, 0.2) is 9.84 Å². The number of hydrogen-bond donors (Lipinski definition) is 1. The van der Waals surface area contributed by atoms with Crippen molar-refractivity contribution in [3.8, 4) is 0 Å². The molecule has 2 rings (SSSR count). The summed E-state index contributed by atoms with van der Waals surface area (Å²) in [5.74, 6) is -1.45. The van der Waals surface area contributed by atoms with E-state index in [-0.39, 0.29) is 21.2 Å². The van der Waals surface area contributed by atoms with Crippen LogP contribution in [-0.4, -0.2) is 19.5 Å². The summed E-state index contributed by atoms with van der Waals surface area (Å²) >= 11 is 10.3. The highest BCUT2D eigenvalue weighted by Crippen LogP contribution is 2.28. The Morgan fingerprint density at radius 2 is 2.05 bits per heavy atom. The molecule has 0 aliphatic heterocycles. The molecule has 0 radical (unpaired) electrons. The molecule has 0 aliphatic rings. The first-order valence-corrected chi connectivity index (χ1v) is 8.99. The smallest absolute Gasteiger partial charge is 0.337 e. The van der Waals surface area contributed by atoms with E-state index in [0.29, 0.717) is 4.88 Å². The van der Waals surface area contributed by atoms with Gasteiger partial charge in [-0.15, -0.1) is 11.3 Å². The summed E-state index contributed by atoms with van der Waals surface area (Å²) in [7, 11) is -3.62. The summed E-state index contributed by atoms with van der Waals surface area (Å²) < 4.78 is 25.3. The molecule has 0 amide bonds. The summed E-state index contributed by atoms with van der Waals surface area (Å²) in [4.78, 5) is 11.6. The third kappa shape index (κ3) is 3.22. The first-order chi connectivity index (χ1) is 9.31. The van der Waals surface area contributed by atoms with Gasteiger partial charge in [-0.2, -0.15) is 0 Å². The van der Waals surface area contributed by atoms with Crippen LogP contribution in [0.1, 0.15) is 15.2 Å². The normalized spacial score (nSPS) is 11.5. The van der Waals surface area contributed by atoms with Crippen molar-refractivity contribution in [1.82, 2.24) is 0 Å². The maximum atomic E-state index is 12.3. The monoisotopic (exact) mass is 394 g/mol. The number of aromatic carboxylic acids is 1. The van der Waals surface area contributed by atoms with Crippen LogP contribution in [0.4, 0.5) is 0 Å². The number of hydrogen-bond acceptors (Lipinski definition) is 4. The van der Waals surface area contributed by atoms with Crippen molar-refractivity contribution in [3.05, 3.63) is 49.6 Å². The second-order valence-corrected chi connectivity index (χ2v) is 8.15. The zero-order valence-electron chi connectivity index (χ0n) is 9.84. The molecule has 0 saturated heterocycles. The number of carboxylic acids is 1. The quantitative estimate of drug-likeness (QED) is 0.854. The molecular formula is C12H8BrClO4S2. The molecule has 0 atom stereocenters. The number of halogens is 2. The van der Waals surface area contributed by atoms with Crippen LogP contribution in [0.15, 0.2) is 39.0 Å². The van der Waals surface area contributed by atoms with Crippen molar-refractivity contribution in [1.29, 1.82) is 0 Å². The summed E-state index contributed by atoms with van der Waals surface area (Å²) in [6.07, 6.45) is 0. The SMILES string of the molecule is O=C(O)c1cc(S(=O)(=O)Cc2sccc2Br)ccc1Cl. The van der Waals surface area contributed by atoms with Crippen molar-refractivity contribution < 1.29 is 18.3 Å². The summed E-state index contributed by atoms with van der Waals surface area (Å²) in [6, 6.07) is 5.44. The number of carbonyl (C=O) groups is 1. The zero-order valence-corrected chi connectivity index (χ0v) is 13.8. The van der Waals surface area contributed by atoms with Gasteiger partial charge in [0.25, 0.3) is 0 Å². The van der Waals surface area contributed by atoms with E-state index < -0.39 is 15.8 Å². The highest BCUT2D eigenvalue weighted by atomic mass is 79.9. The van der Waals surface area contributed by atoms with Gasteiger partial charge in [0.05, 0.1) is 21.2 Å². The molecule has 4 nitrogen and oxygen atoms in total. The van der Waals surface area contributed by atoms with Crippen molar-refractivity contribution in [2.45, 2.75) is 10.6 Å². The Balaban J connectivity index is 2.42. The van der Waals surface area contributed by atoms with Crippen molar-refractivity contribution in [2.75, 3.05) is 0 Å². The summed E-state index contributed by atoms with van der Waals surface area (Å²) in [5, 5.41) is 10.8. The fourth-order valence-corrected chi connectivity index (χ4v) is 5.18. The van der Waals surface area contributed by atoms with E-state index in [9.17, 15) is 13.2 Å². The number of thiophene rings is 1. The number of sulfone groups is 1. The lowest BCUT2D eigenvalue weighted by Crippen LogP contribution is -2.07. The van der Waals surface area contributed by atoms with Crippen molar-refractivity contribution in [2.24, 2.45) is 0 Å². The van der Waals surface area contributed by atoms with Crippen LogP contribution in [0.2, 0.25) is 5.02 Å². The average Bonchev–Trinajstić information content (AvgIpc) is 2.74. The standard InChI is InChI=1S/C12H8BrClO4S2/c13-9-3-4-19-11(9)6-20(17,18)7-1-2-10(14)8(5-7)12(15)16/h1-5H,6H2,(H,15,16). The molecule has 1 aromatic carbocycles. The Bertz CT molecular complexity index is 768. The first-order valence-electron chi connectivity index (χ1n) is 5.29. The number of benzene rings is 1. The van der Waals surface area contributed by atoms with E-state index in [1.165, 1.54) is 23.5 Å². The lowest BCUT2D eigenvalue weighted by Gasteiger charge is -2.06. The Kier molecular flexibility index (Phi) is 4.53. The summed E-state index contributed by atoms with van der Waals surface area (Å²) in [6.45, 7) is 0. The summed E-state index contributed by atoms with van der Waals surface area (Å²) in [5.41, 5.74) is -0.224. The Morgan fingerprint density at radius 1 is 1.35 bits per heavy atom. The van der Waals surface area contributed by atoms with E-state index in [4.69, 9.17) is 16.7 Å². The minimum Gasteiger partial charge on any atom is -0.478 e. The van der Waals surface area contributed by atoms with Gasteiger partial charge in [-0.3, -0.25) is 0 Å². The van der Waals surface area contributed by atoms with Crippen LogP contribution < -0.4 is 0 Å². The third-order valence-corrected chi connectivity index (χ3v) is 6.62. The fourth-order valence-electron chi connectivity index (χ4n) is 1.55. The van der Waals surface area contributed by atoms with Gasteiger partial charge in [0.1, 0.15) is 0 Å². The van der Waals surface area contributed by atoms with Gasteiger partial charge >= 0.3 is 5.97 Å². The van der Waals surface area contributed by atoms with E-state index in [1.807, 2.05) is 0 Å². The van der Waals surface area contributed by atoms with Crippen molar-refractivity contribution >= 4 is 54.7 Å². The second-order valence-electron chi connectivity index (χ2n) is 3.90.